The molecular weight excluding hydrogens is 434 g/mol. The topological polar surface area (TPSA) is 91.8 Å². The number of aryl methyl sites for hydroxylation is 1. The van der Waals surface area contributed by atoms with E-state index in [1.54, 1.807) is 43.8 Å². The molecule has 0 unspecified atom stereocenters. The lowest BCUT2D eigenvalue weighted by atomic mass is 10.0. The minimum atomic E-state index is -0.624. The summed E-state index contributed by atoms with van der Waals surface area (Å²) in [6.45, 7) is 4.83. The minimum Gasteiger partial charge on any atom is -0.496 e. The van der Waals surface area contributed by atoms with Gasteiger partial charge in [-0.05, 0) is 37.6 Å². The molecule has 0 spiro atoms. The van der Waals surface area contributed by atoms with E-state index in [-0.39, 0.29) is 6.54 Å². The number of rotatable bonds is 5. The maximum atomic E-state index is 12.5. The molecule has 3 heterocycles. The second-order valence-electron chi connectivity index (χ2n) is 7.15. The predicted octanol–water partition coefficient (Wildman–Crippen LogP) is 4.48. The quantitative estimate of drug-likeness (QED) is 0.567. The number of methoxy groups -OCH3 is 1. The van der Waals surface area contributed by atoms with Crippen molar-refractivity contribution in [3.8, 4) is 34.1 Å². The van der Waals surface area contributed by atoms with E-state index < -0.39 is 6.09 Å². The van der Waals surface area contributed by atoms with E-state index in [2.05, 4.69) is 15.3 Å². The van der Waals surface area contributed by atoms with Gasteiger partial charge in [-0.15, -0.1) is 0 Å². The van der Waals surface area contributed by atoms with Crippen LogP contribution in [0, 0.1) is 13.8 Å². The van der Waals surface area contributed by atoms with Gasteiger partial charge in [0.15, 0.2) is 11.5 Å². The molecule has 0 saturated carbocycles. The van der Waals surface area contributed by atoms with Gasteiger partial charge in [0.05, 0.1) is 19.3 Å². The number of halogens is 1. The molecule has 1 N–H and O–H groups in total. The Labute approximate surface area is 190 Å². The second-order valence-corrected chi connectivity index (χ2v) is 7.54. The summed E-state index contributed by atoms with van der Waals surface area (Å²) in [6.07, 6.45) is 2.68. The van der Waals surface area contributed by atoms with Crippen molar-refractivity contribution in [2.45, 2.75) is 20.4 Å². The first-order valence-electron chi connectivity index (χ1n) is 9.96. The lowest BCUT2D eigenvalue weighted by Gasteiger charge is -2.22. The van der Waals surface area contributed by atoms with Crippen LogP contribution in [0.25, 0.3) is 11.1 Å². The smallest absolute Gasteiger partial charge is 0.412 e. The Morgan fingerprint density at radius 3 is 2.78 bits per heavy atom. The van der Waals surface area contributed by atoms with Crippen LogP contribution in [0.4, 0.5) is 4.79 Å². The highest BCUT2D eigenvalue weighted by molar-refractivity contribution is 6.29. The van der Waals surface area contributed by atoms with Crippen LogP contribution in [-0.2, 0) is 6.54 Å². The highest BCUT2D eigenvalue weighted by atomic mass is 35.5. The highest BCUT2D eigenvalue weighted by Crippen LogP contribution is 2.43. The number of carbonyl (C=O) groups is 1. The van der Waals surface area contributed by atoms with Crippen LogP contribution >= 0.6 is 11.6 Å². The number of nitrogens with one attached hydrogen (secondary N) is 1. The van der Waals surface area contributed by atoms with Gasteiger partial charge < -0.3 is 24.3 Å². The van der Waals surface area contributed by atoms with E-state index in [1.807, 2.05) is 13.8 Å². The summed E-state index contributed by atoms with van der Waals surface area (Å²) in [7, 11) is 1.61. The maximum Gasteiger partial charge on any atom is 0.412 e. The summed E-state index contributed by atoms with van der Waals surface area (Å²) in [5, 5.41) is 3.07. The first-order valence-corrected chi connectivity index (χ1v) is 10.3. The Kier molecular flexibility index (Phi) is 6.32. The number of carbonyl (C=O) groups excluding carboxylic acids is 1. The molecule has 0 atom stereocenters. The second kappa shape index (κ2) is 9.32. The molecule has 0 aliphatic carbocycles. The van der Waals surface area contributed by atoms with Crippen LogP contribution in [0.3, 0.4) is 0 Å². The summed E-state index contributed by atoms with van der Waals surface area (Å²) in [6, 6.07) is 6.83. The molecule has 0 bridgehead atoms. The zero-order chi connectivity index (χ0) is 22.7. The number of pyridine rings is 2. The molecule has 1 aromatic carbocycles. The van der Waals surface area contributed by atoms with Crippen molar-refractivity contribution in [2.24, 2.45) is 0 Å². The Balaban J connectivity index is 1.54. The van der Waals surface area contributed by atoms with Gasteiger partial charge in [-0.25, -0.2) is 9.78 Å². The zero-order valence-electron chi connectivity index (χ0n) is 17.9. The Morgan fingerprint density at radius 1 is 1.19 bits per heavy atom. The lowest BCUT2D eigenvalue weighted by Crippen LogP contribution is -2.27. The zero-order valence-corrected chi connectivity index (χ0v) is 18.7. The molecule has 0 radical (unpaired) electrons. The molecule has 1 aliphatic rings. The standard InChI is InChI=1S/C23H22ClN3O5/c1-13-11-26-18(14(2)21(13)29-3)12-27-23(28)32-16-9-17(15-4-5-25-20(24)8-15)22-19(10-16)30-6-7-31-22/h4-5,8-11H,6-7,12H2,1-3H3,(H,27,28). The Hall–Kier alpha value is -3.52. The van der Waals surface area contributed by atoms with Crippen LogP contribution in [-0.4, -0.2) is 36.4 Å². The number of ether oxygens (including phenoxy) is 4. The molecule has 3 aromatic rings. The van der Waals surface area contributed by atoms with Crippen molar-refractivity contribution in [1.29, 1.82) is 0 Å². The third kappa shape index (κ3) is 4.55. The van der Waals surface area contributed by atoms with Crippen molar-refractivity contribution >= 4 is 17.7 Å². The van der Waals surface area contributed by atoms with Crippen LogP contribution < -0.4 is 24.3 Å². The van der Waals surface area contributed by atoms with Crippen molar-refractivity contribution < 1.29 is 23.7 Å². The van der Waals surface area contributed by atoms with Gasteiger partial charge in [-0.3, -0.25) is 4.98 Å². The average molecular weight is 456 g/mol. The van der Waals surface area contributed by atoms with Gasteiger partial charge in [-0.1, -0.05) is 11.6 Å². The SMILES string of the molecule is COc1c(C)cnc(CNC(=O)Oc2cc3c(c(-c4ccnc(Cl)c4)c2)OCCO3)c1C. The molecule has 0 saturated heterocycles. The number of hydrogen-bond donors (Lipinski definition) is 1. The fourth-order valence-electron chi connectivity index (χ4n) is 3.52. The summed E-state index contributed by atoms with van der Waals surface area (Å²) in [5.41, 5.74) is 3.94. The van der Waals surface area contributed by atoms with Crippen molar-refractivity contribution in [2.75, 3.05) is 20.3 Å². The predicted molar refractivity (Wildman–Crippen MR) is 119 cm³/mol. The van der Waals surface area contributed by atoms with Crippen molar-refractivity contribution in [3.63, 3.8) is 0 Å². The fraction of sp³-hybridized carbons (Fsp3) is 0.261. The van der Waals surface area contributed by atoms with E-state index >= 15 is 0 Å². The van der Waals surface area contributed by atoms with Crippen LogP contribution in [0.5, 0.6) is 23.0 Å². The van der Waals surface area contributed by atoms with Crippen LogP contribution in [0.2, 0.25) is 5.15 Å². The largest absolute Gasteiger partial charge is 0.496 e. The number of aromatic nitrogens is 2. The van der Waals surface area contributed by atoms with Crippen LogP contribution in [0.15, 0.2) is 36.7 Å². The van der Waals surface area contributed by atoms with E-state index in [4.69, 9.17) is 30.5 Å². The molecule has 8 nitrogen and oxygen atoms in total. The van der Waals surface area contributed by atoms with Crippen LogP contribution in [0.1, 0.15) is 16.8 Å². The molecule has 1 amide bonds. The molecule has 2 aromatic heterocycles. The third-order valence-corrected chi connectivity index (χ3v) is 5.22. The van der Waals surface area contributed by atoms with Gasteiger partial charge in [-0.2, -0.15) is 0 Å². The first kappa shape index (κ1) is 21.7. The van der Waals surface area contributed by atoms with Gasteiger partial charge in [0.1, 0.15) is 29.9 Å². The van der Waals surface area contributed by atoms with Gasteiger partial charge in [0, 0.05) is 35.2 Å². The molecule has 4 rings (SSSR count). The van der Waals surface area contributed by atoms with E-state index in [0.29, 0.717) is 46.9 Å². The number of benzene rings is 1. The fourth-order valence-corrected chi connectivity index (χ4v) is 3.69. The molecule has 9 heteroatoms. The van der Waals surface area contributed by atoms with Gasteiger partial charge in [0.2, 0.25) is 0 Å². The number of fused-ring (bicyclic) bond motifs is 1. The molecular formula is C23H22ClN3O5. The summed E-state index contributed by atoms with van der Waals surface area (Å²) in [5.74, 6) is 2.11. The normalized spacial score (nSPS) is 12.2. The first-order chi connectivity index (χ1) is 15.5. The Morgan fingerprint density at radius 2 is 2.00 bits per heavy atom. The monoisotopic (exact) mass is 455 g/mol. The van der Waals surface area contributed by atoms with E-state index in [9.17, 15) is 4.79 Å². The van der Waals surface area contributed by atoms with E-state index in [0.717, 1.165) is 22.4 Å². The maximum absolute atomic E-state index is 12.5. The number of nitrogens with zero attached hydrogens (tertiary/aromatic N) is 2. The van der Waals surface area contributed by atoms with Gasteiger partial charge >= 0.3 is 6.09 Å². The summed E-state index contributed by atoms with van der Waals surface area (Å²) in [4.78, 5) is 20.9. The number of amides is 1. The molecule has 166 valence electrons. The molecule has 32 heavy (non-hydrogen) atoms. The summed E-state index contributed by atoms with van der Waals surface area (Å²) >= 11 is 6.05. The highest BCUT2D eigenvalue weighted by Gasteiger charge is 2.21. The number of hydrogen-bond acceptors (Lipinski definition) is 7. The van der Waals surface area contributed by atoms with E-state index in [1.165, 1.54) is 0 Å². The third-order valence-electron chi connectivity index (χ3n) is 5.01. The van der Waals surface area contributed by atoms with Gasteiger partial charge in [0.25, 0.3) is 0 Å². The molecule has 1 aliphatic heterocycles. The van der Waals surface area contributed by atoms with Crippen molar-refractivity contribution in [1.82, 2.24) is 15.3 Å². The minimum absolute atomic E-state index is 0.193. The lowest BCUT2D eigenvalue weighted by molar-refractivity contribution is 0.171. The summed E-state index contributed by atoms with van der Waals surface area (Å²) < 4.78 is 22.4. The average Bonchev–Trinajstić information content (AvgIpc) is 2.78. The van der Waals surface area contributed by atoms with Crippen molar-refractivity contribution in [3.05, 3.63) is 58.6 Å². The Bertz CT molecular complexity index is 1170. The molecule has 0 fully saturated rings.